The molecule has 1 heterocycles. The van der Waals surface area contributed by atoms with Crippen LogP contribution in [0.4, 0.5) is 22.7 Å². The Kier molecular flexibility index (Phi) is 2.51. The van der Waals surface area contributed by atoms with Crippen LogP contribution in [0.1, 0.15) is 13.8 Å². The summed E-state index contributed by atoms with van der Waals surface area (Å²) in [5.74, 6) is 0. The molecule has 0 aliphatic carbocycles. The lowest BCUT2D eigenvalue weighted by molar-refractivity contribution is 0.781. The van der Waals surface area contributed by atoms with Crippen molar-refractivity contribution in [2.45, 2.75) is 19.9 Å². The Balaban J connectivity index is 2.26. The summed E-state index contributed by atoms with van der Waals surface area (Å²) in [5, 5.41) is 0. The molecule has 18 heavy (non-hydrogen) atoms. The Morgan fingerprint density at radius 1 is 0.722 bits per heavy atom. The summed E-state index contributed by atoms with van der Waals surface area (Å²) in [5.41, 5.74) is 5.11. The molecule has 0 saturated heterocycles. The molecule has 0 radical (unpaired) electrons. The largest absolute Gasteiger partial charge is 0.341 e. The van der Waals surface area contributed by atoms with E-state index in [0.717, 1.165) is 0 Å². The van der Waals surface area contributed by atoms with Crippen molar-refractivity contribution >= 4 is 22.7 Å². The molecule has 0 unspecified atom stereocenters. The van der Waals surface area contributed by atoms with Crippen molar-refractivity contribution in [2.75, 3.05) is 16.8 Å². The Morgan fingerprint density at radius 3 is 1.50 bits per heavy atom. The molecular weight excluding hydrogens is 220 g/mol. The van der Waals surface area contributed by atoms with Crippen molar-refractivity contribution in [2.24, 2.45) is 0 Å². The Morgan fingerprint density at radius 2 is 1.11 bits per heavy atom. The number of hydrogen-bond donors (Lipinski definition) is 0. The lowest BCUT2D eigenvalue weighted by atomic mass is 10.1. The molecule has 0 N–H and O–H groups in total. The van der Waals surface area contributed by atoms with Crippen molar-refractivity contribution in [3.8, 4) is 0 Å². The molecule has 0 bridgehead atoms. The van der Waals surface area contributed by atoms with Gasteiger partial charge < -0.3 is 9.80 Å². The highest BCUT2D eigenvalue weighted by molar-refractivity contribution is 5.93. The normalized spacial score (nSPS) is 13.6. The molecule has 0 atom stereocenters. The van der Waals surface area contributed by atoms with Gasteiger partial charge >= 0.3 is 0 Å². The van der Waals surface area contributed by atoms with Crippen molar-refractivity contribution in [3.05, 3.63) is 48.5 Å². The van der Waals surface area contributed by atoms with Crippen molar-refractivity contribution in [1.82, 2.24) is 0 Å². The molecule has 0 saturated carbocycles. The minimum atomic E-state index is 0.445. The van der Waals surface area contributed by atoms with Gasteiger partial charge in [0.2, 0.25) is 0 Å². The van der Waals surface area contributed by atoms with E-state index >= 15 is 0 Å². The first-order valence-corrected chi connectivity index (χ1v) is 6.41. The highest BCUT2D eigenvalue weighted by Gasteiger charge is 2.26. The summed E-state index contributed by atoms with van der Waals surface area (Å²) in [6.45, 7) is 4.47. The minimum absolute atomic E-state index is 0.445. The molecule has 0 aromatic heterocycles. The molecule has 1 aliphatic heterocycles. The molecule has 2 aromatic carbocycles. The third-order valence-electron chi connectivity index (χ3n) is 3.52. The van der Waals surface area contributed by atoms with Gasteiger partial charge in [0.25, 0.3) is 0 Å². The van der Waals surface area contributed by atoms with Crippen LogP contribution in [0.5, 0.6) is 0 Å². The molecule has 2 heteroatoms. The fourth-order valence-corrected chi connectivity index (χ4v) is 2.72. The quantitative estimate of drug-likeness (QED) is 0.730. The van der Waals surface area contributed by atoms with E-state index in [-0.39, 0.29) is 0 Å². The average molecular weight is 238 g/mol. The van der Waals surface area contributed by atoms with Crippen LogP contribution in [0, 0.1) is 0 Å². The van der Waals surface area contributed by atoms with Gasteiger partial charge in [-0.15, -0.1) is 0 Å². The van der Waals surface area contributed by atoms with Crippen molar-refractivity contribution in [3.63, 3.8) is 0 Å². The number of hydrogen-bond acceptors (Lipinski definition) is 2. The number of benzene rings is 2. The fourth-order valence-electron chi connectivity index (χ4n) is 2.72. The molecule has 1 aliphatic rings. The molecule has 0 fully saturated rings. The lowest BCUT2D eigenvalue weighted by Crippen LogP contribution is -2.32. The van der Waals surface area contributed by atoms with E-state index in [4.69, 9.17) is 0 Å². The lowest BCUT2D eigenvalue weighted by Gasteiger charge is -2.40. The number of para-hydroxylation sites is 4. The highest BCUT2D eigenvalue weighted by atomic mass is 15.3. The first-order chi connectivity index (χ1) is 8.70. The summed E-state index contributed by atoms with van der Waals surface area (Å²) in [6, 6.07) is 17.6. The summed E-state index contributed by atoms with van der Waals surface area (Å²) in [6.07, 6.45) is 0. The maximum atomic E-state index is 2.41. The van der Waals surface area contributed by atoms with Crippen LogP contribution < -0.4 is 9.80 Å². The van der Waals surface area contributed by atoms with Crippen LogP contribution in [-0.4, -0.2) is 13.1 Å². The second kappa shape index (κ2) is 4.05. The zero-order chi connectivity index (χ0) is 12.7. The van der Waals surface area contributed by atoms with E-state index in [1.807, 2.05) is 0 Å². The Labute approximate surface area is 108 Å². The second-order valence-corrected chi connectivity index (χ2v) is 5.00. The zero-order valence-electron chi connectivity index (χ0n) is 11.1. The van der Waals surface area contributed by atoms with Crippen LogP contribution >= 0.6 is 0 Å². The van der Waals surface area contributed by atoms with Gasteiger partial charge in [0.1, 0.15) is 0 Å². The number of anilines is 4. The SMILES string of the molecule is CC(C)N1c2ccccc2N(C)c2ccccc21. The summed E-state index contributed by atoms with van der Waals surface area (Å²) < 4.78 is 0. The standard InChI is InChI=1S/C16H18N2/c1-12(2)18-15-10-6-4-8-13(15)17(3)14-9-5-7-11-16(14)18/h4-12H,1-3H3. The third-order valence-corrected chi connectivity index (χ3v) is 3.52. The van der Waals surface area contributed by atoms with Crippen LogP contribution in [0.15, 0.2) is 48.5 Å². The Hall–Kier alpha value is -1.96. The van der Waals surface area contributed by atoms with E-state index in [1.54, 1.807) is 0 Å². The van der Waals surface area contributed by atoms with E-state index < -0.39 is 0 Å². The highest BCUT2D eigenvalue weighted by Crippen LogP contribution is 2.47. The van der Waals surface area contributed by atoms with Crippen LogP contribution in [0.3, 0.4) is 0 Å². The first kappa shape index (κ1) is 11.1. The monoisotopic (exact) mass is 238 g/mol. The van der Waals surface area contributed by atoms with Crippen LogP contribution in [0.25, 0.3) is 0 Å². The summed E-state index contributed by atoms with van der Waals surface area (Å²) >= 11 is 0. The number of rotatable bonds is 1. The molecule has 92 valence electrons. The summed E-state index contributed by atoms with van der Waals surface area (Å²) in [7, 11) is 2.13. The molecule has 2 aromatic rings. The number of fused-ring (bicyclic) bond motifs is 2. The predicted octanol–water partition coefficient (Wildman–Crippen LogP) is 4.31. The van der Waals surface area contributed by atoms with E-state index in [0.29, 0.717) is 6.04 Å². The van der Waals surface area contributed by atoms with Gasteiger partial charge in [-0.1, -0.05) is 24.3 Å². The zero-order valence-corrected chi connectivity index (χ0v) is 11.1. The van der Waals surface area contributed by atoms with E-state index in [9.17, 15) is 0 Å². The van der Waals surface area contributed by atoms with Crippen LogP contribution in [0.2, 0.25) is 0 Å². The van der Waals surface area contributed by atoms with Gasteiger partial charge in [0.05, 0.1) is 22.7 Å². The van der Waals surface area contributed by atoms with Crippen LogP contribution in [-0.2, 0) is 0 Å². The molecule has 0 spiro atoms. The minimum Gasteiger partial charge on any atom is -0.341 e. The topological polar surface area (TPSA) is 6.48 Å². The van der Waals surface area contributed by atoms with Gasteiger partial charge in [-0.3, -0.25) is 0 Å². The van der Waals surface area contributed by atoms with Gasteiger partial charge in [-0.25, -0.2) is 0 Å². The smallest absolute Gasteiger partial charge is 0.0655 e. The summed E-state index contributed by atoms with van der Waals surface area (Å²) in [4.78, 5) is 4.67. The first-order valence-electron chi connectivity index (χ1n) is 6.41. The van der Waals surface area contributed by atoms with Crippen molar-refractivity contribution in [1.29, 1.82) is 0 Å². The predicted molar refractivity (Wildman–Crippen MR) is 78.2 cm³/mol. The van der Waals surface area contributed by atoms with Gasteiger partial charge in [-0.2, -0.15) is 0 Å². The maximum absolute atomic E-state index is 2.41. The third kappa shape index (κ3) is 1.49. The fraction of sp³-hybridized carbons (Fsp3) is 0.250. The molecular formula is C16H18N2. The maximum Gasteiger partial charge on any atom is 0.0655 e. The molecule has 0 amide bonds. The second-order valence-electron chi connectivity index (χ2n) is 5.00. The van der Waals surface area contributed by atoms with E-state index in [1.165, 1.54) is 22.7 Å². The van der Waals surface area contributed by atoms with Gasteiger partial charge in [-0.05, 0) is 38.1 Å². The Bertz CT molecular complexity index is 527. The molecule has 3 rings (SSSR count). The van der Waals surface area contributed by atoms with Gasteiger partial charge in [0, 0.05) is 13.1 Å². The van der Waals surface area contributed by atoms with E-state index in [2.05, 4.69) is 79.2 Å². The number of nitrogens with zero attached hydrogens (tertiary/aromatic N) is 2. The van der Waals surface area contributed by atoms with Crippen molar-refractivity contribution < 1.29 is 0 Å². The average Bonchev–Trinajstić information content (AvgIpc) is 2.39. The van der Waals surface area contributed by atoms with Gasteiger partial charge in [0.15, 0.2) is 0 Å². The molecule has 2 nitrogen and oxygen atoms in total.